The van der Waals surface area contributed by atoms with Crippen LogP contribution >= 0.6 is 24.0 Å². The molecular weight excluding hydrogens is 275 g/mol. The lowest BCUT2D eigenvalue weighted by Gasteiger charge is -2.16. The fraction of sp³-hybridized carbons (Fsp3) is 1.00. The maximum Gasteiger partial charge on any atom is 0.262 e. The van der Waals surface area contributed by atoms with E-state index in [0.717, 1.165) is 12.8 Å². The van der Waals surface area contributed by atoms with Gasteiger partial charge in [0.2, 0.25) is 0 Å². The Morgan fingerprint density at radius 3 is 2.42 bits per heavy atom. The Labute approximate surface area is 89.5 Å². The van der Waals surface area contributed by atoms with Crippen molar-refractivity contribution in [3.05, 3.63) is 0 Å². The molecule has 1 aliphatic rings. The second-order valence-corrected chi connectivity index (χ2v) is 3.42. The molecule has 1 rings (SSSR count). The normalized spacial score (nSPS) is 28.5. The highest BCUT2D eigenvalue weighted by Crippen LogP contribution is 2.32. The van der Waals surface area contributed by atoms with Crippen molar-refractivity contribution < 1.29 is 8.78 Å². The average molecular weight is 291 g/mol. The molecule has 0 aromatic rings. The molecule has 4 heteroatoms. The fourth-order valence-corrected chi connectivity index (χ4v) is 1.71. The number of likely N-dealkylation sites (tertiary alicyclic amines) is 1. The predicted molar refractivity (Wildman–Crippen MR) is 56.3 cm³/mol. The summed E-state index contributed by atoms with van der Waals surface area (Å²) in [5.74, 6) is -2.44. The van der Waals surface area contributed by atoms with E-state index in [0.29, 0.717) is 0 Å². The van der Waals surface area contributed by atoms with Crippen molar-refractivity contribution >= 4 is 24.0 Å². The van der Waals surface area contributed by atoms with Crippen molar-refractivity contribution in [1.82, 2.24) is 4.90 Å². The first-order valence-corrected chi connectivity index (χ1v) is 4.13. The quantitative estimate of drug-likeness (QED) is 0.707. The van der Waals surface area contributed by atoms with E-state index in [1.165, 1.54) is 0 Å². The molecule has 0 aromatic heterocycles. The van der Waals surface area contributed by atoms with Crippen LogP contribution in [-0.4, -0.2) is 30.5 Å². The zero-order valence-electron chi connectivity index (χ0n) is 7.52. The van der Waals surface area contributed by atoms with Gasteiger partial charge in [0, 0.05) is 12.5 Å². The monoisotopic (exact) mass is 291 g/mol. The summed E-state index contributed by atoms with van der Waals surface area (Å²) in [5.41, 5.74) is 0. The molecule has 0 aromatic carbocycles. The van der Waals surface area contributed by atoms with E-state index in [1.54, 1.807) is 11.9 Å². The maximum absolute atomic E-state index is 12.7. The summed E-state index contributed by atoms with van der Waals surface area (Å²) >= 11 is 0. The minimum atomic E-state index is -2.44. The third kappa shape index (κ3) is 3.12. The van der Waals surface area contributed by atoms with E-state index in [9.17, 15) is 8.78 Å². The maximum atomic E-state index is 12.7. The van der Waals surface area contributed by atoms with Crippen LogP contribution < -0.4 is 0 Å². The van der Waals surface area contributed by atoms with E-state index >= 15 is 0 Å². The van der Waals surface area contributed by atoms with Gasteiger partial charge in [-0.05, 0) is 13.5 Å². The van der Waals surface area contributed by atoms with Gasteiger partial charge in [0.15, 0.2) is 0 Å². The standard InChI is InChI=1S/C8H15F2N.HI/c1-3-4-7-5-8(9,10)6-11(7)2;/h7H,3-6H2,1-2H3;1H. The zero-order valence-corrected chi connectivity index (χ0v) is 9.85. The topological polar surface area (TPSA) is 3.24 Å². The Balaban J connectivity index is 0.00000121. The smallest absolute Gasteiger partial charge is 0.262 e. The second-order valence-electron chi connectivity index (χ2n) is 3.42. The Morgan fingerprint density at radius 2 is 2.08 bits per heavy atom. The Kier molecular flexibility index (Phi) is 4.91. The number of nitrogens with zero attached hydrogens (tertiary/aromatic N) is 1. The molecule has 0 bridgehead atoms. The van der Waals surface area contributed by atoms with Crippen LogP contribution in [0.4, 0.5) is 8.78 Å². The molecule has 0 aliphatic carbocycles. The van der Waals surface area contributed by atoms with E-state index in [-0.39, 0.29) is 43.0 Å². The number of hydrogen-bond acceptors (Lipinski definition) is 1. The van der Waals surface area contributed by atoms with Gasteiger partial charge >= 0.3 is 0 Å². The van der Waals surface area contributed by atoms with Gasteiger partial charge < -0.3 is 0 Å². The van der Waals surface area contributed by atoms with Crippen LogP contribution in [0.3, 0.4) is 0 Å². The van der Waals surface area contributed by atoms with E-state index in [1.807, 2.05) is 6.92 Å². The third-order valence-corrected chi connectivity index (χ3v) is 2.26. The Hall–Kier alpha value is 0.550. The lowest BCUT2D eigenvalue weighted by molar-refractivity contribution is 0.0140. The van der Waals surface area contributed by atoms with Crippen molar-refractivity contribution in [2.45, 2.75) is 38.2 Å². The lowest BCUT2D eigenvalue weighted by atomic mass is 10.1. The molecule has 1 aliphatic heterocycles. The average Bonchev–Trinajstić information content (AvgIpc) is 2.07. The van der Waals surface area contributed by atoms with E-state index in [2.05, 4.69) is 0 Å². The highest BCUT2D eigenvalue weighted by molar-refractivity contribution is 14.0. The lowest BCUT2D eigenvalue weighted by Crippen LogP contribution is -2.25. The van der Waals surface area contributed by atoms with E-state index < -0.39 is 5.92 Å². The summed E-state index contributed by atoms with van der Waals surface area (Å²) in [4.78, 5) is 1.77. The summed E-state index contributed by atoms with van der Waals surface area (Å²) in [7, 11) is 1.78. The first-order valence-electron chi connectivity index (χ1n) is 4.13. The minimum absolute atomic E-state index is 0. The van der Waals surface area contributed by atoms with Gasteiger partial charge in [0.1, 0.15) is 0 Å². The van der Waals surface area contributed by atoms with Crippen LogP contribution in [0.25, 0.3) is 0 Å². The summed E-state index contributed by atoms with van der Waals surface area (Å²) in [6, 6.07) is 0.106. The fourth-order valence-electron chi connectivity index (χ4n) is 1.71. The van der Waals surface area contributed by atoms with Crippen molar-refractivity contribution in [2.75, 3.05) is 13.6 Å². The number of alkyl halides is 2. The molecule has 0 amide bonds. The zero-order chi connectivity index (χ0) is 8.48. The van der Waals surface area contributed by atoms with Crippen molar-refractivity contribution in [1.29, 1.82) is 0 Å². The van der Waals surface area contributed by atoms with Crippen LogP contribution in [0.5, 0.6) is 0 Å². The molecular formula is C8H16F2IN. The van der Waals surface area contributed by atoms with Crippen LogP contribution in [0.15, 0.2) is 0 Å². The van der Waals surface area contributed by atoms with Gasteiger partial charge in [0.25, 0.3) is 5.92 Å². The molecule has 1 atom stereocenters. The van der Waals surface area contributed by atoms with Gasteiger partial charge in [-0.1, -0.05) is 13.3 Å². The number of hydrogen-bond donors (Lipinski definition) is 0. The molecule has 0 spiro atoms. The van der Waals surface area contributed by atoms with Gasteiger partial charge in [-0.15, -0.1) is 24.0 Å². The molecule has 1 nitrogen and oxygen atoms in total. The second kappa shape index (κ2) is 4.69. The number of halogens is 3. The summed E-state index contributed by atoms with van der Waals surface area (Å²) in [6.45, 7) is 1.97. The first-order chi connectivity index (χ1) is 5.05. The molecule has 0 radical (unpaired) electrons. The summed E-state index contributed by atoms with van der Waals surface area (Å²) in [5, 5.41) is 0. The van der Waals surface area contributed by atoms with Gasteiger partial charge in [-0.3, -0.25) is 4.90 Å². The molecule has 1 unspecified atom stereocenters. The minimum Gasteiger partial charge on any atom is -0.297 e. The van der Waals surface area contributed by atoms with E-state index in [4.69, 9.17) is 0 Å². The molecule has 1 fully saturated rings. The van der Waals surface area contributed by atoms with Crippen LogP contribution in [0.1, 0.15) is 26.2 Å². The van der Waals surface area contributed by atoms with Gasteiger partial charge in [-0.25, -0.2) is 8.78 Å². The van der Waals surface area contributed by atoms with Crippen LogP contribution in [-0.2, 0) is 0 Å². The highest BCUT2D eigenvalue weighted by atomic mass is 127. The van der Waals surface area contributed by atoms with Crippen LogP contribution in [0.2, 0.25) is 0 Å². The molecule has 0 saturated carbocycles. The Morgan fingerprint density at radius 1 is 1.50 bits per heavy atom. The molecule has 0 N–H and O–H groups in total. The summed E-state index contributed by atoms with van der Waals surface area (Å²) in [6.07, 6.45) is 1.94. The van der Waals surface area contributed by atoms with Crippen molar-refractivity contribution in [3.8, 4) is 0 Å². The predicted octanol–water partition coefficient (Wildman–Crippen LogP) is 2.74. The SMILES string of the molecule is CCCC1CC(F)(F)CN1C.I. The van der Waals surface area contributed by atoms with Crippen molar-refractivity contribution in [2.24, 2.45) is 0 Å². The molecule has 1 heterocycles. The molecule has 12 heavy (non-hydrogen) atoms. The Bertz CT molecular complexity index is 141. The largest absolute Gasteiger partial charge is 0.297 e. The van der Waals surface area contributed by atoms with Gasteiger partial charge in [0.05, 0.1) is 6.54 Å². The first kappa shape index (κ1) is 12.6. The highest BCUT2D eigenvalue weighted by Gasteiger charge is 2.42. The third-order valence-electron chi connectivity index (χ3n) is 2.26. The summed E-state index contributed by atoms with van der Waals surface area (Å²) < 4.78 is 25.5. The molecule has 74 valence electrons. The van der Waals surface area contributed by atoms with Crippen molar-refractivity contribution in [3.63, 3.8) is 0 Å². The molecule has 1 saturated heterocycles. The number of rotatable bonds is 2. The van der Waals surface area contributed by atoms with Crippen LogP contribution in [0, 0.1) is 0 Å². The van der Waals surface area contributed by atoms with Gasteiger partial charge in [-0.2, -0.15) is 0 Å².